The largest absolute Gasteiger partial charge is 0.480 e. The Bertz CT molecular complexity index is 630. The van der Waals surface area contributed by atoms with E-state index >= 15 is 0 Å². The Hall–Kier alpha value is -1.94. The molecule has 0 spiro atoms. The van der Waals surface area contributed by atoms with Crippen LogP contribution in [-0.4, -0.2) is 23.4 Å². The summed E-state index contributed by atoms with van der Waals surface area (Å²) in [6.07, 6.45) is 0.962. The lowest BCUT2D eigenvalue weighted by Crippen LogP contribution is -2.35. The first kappa shape index (κ1) is 14.0. The number of nitrogens with zero attached hydrogens (tertiary/aromatic N) is 1. The summed E-state index contributed by atoms with van der Waals surface area (Å²) in [6, 6.07) is 18.2. The average molecular weight is 299 g/mol. The van der Waals surface area contributed by atoms with E-state index in [0.717, 1.165) is 17.9 Å². The van der Waals surface area contributed by atoms with E-state index in [2.05, 4.69) is 12.1 Å². The van der Waals surface area contributed by atoms with Crippen LogP contribution in [-0.2, 0) is 4.79 Å². The Kier molecular flexibility index (Phi) is 4.15. The van der Waals surface area contributed by atoms with Gasteiger partial charge in [0, 0.05) is 16.3 Å². The standard InChI is InChI=1S/C17H17NO2S/c19-17(20)12-18(13-6-2-1-3-7-13)15-10-11-21-16-9-5-4-8-14(15)16/h1-9,15H,10-12H2,(H,19,20). The van der Waals surface area contributed by atoms with Gasteiger partial charge in [0.25, 0.3) is 0 Å². The molecule has 1 atom stereocenters. The minimum atomic E-state index is -0.797. The van der Waals surface area contributed by atoms with Gasteiger partial charge in [0.1, 0.15) is 6.54 Å². The fourth-order valence-electron chi connectivity index (χ4n) is 2.79. The predicted octanol–water partition coefficient (Wildman–Crippen LogP) is 3.81. The van der Waals surface area contributed by atoms with Crippen LogP contribution in [0.1, 0.15) is 18.0 Å². The summed E-state index contributed by atoms with van der Waals surface area (Å²) in [6.45, 7) is 0.0215. The number of carboxylic acid groups (broad SMARTS) is 1. The van der Waals surface area contributed by atoms with Crippen molar-refractivity contribution >= 4 is 23.4 Å². The van der Waals surface area contributed by atoms with Gasteiger partial charge in [0.15, 0.2) is 0 Å². The number of hydrogen-bond donors (Lipinski definition) is 1. The molecule has 1 unspecified atom stereocenters. The van der Waals surface area contributed by atoms with Crippen molar-refractivity contribution in [1.29, 1.82) is 0 Å². The first-order valence-corrected chi connectivity index (χ1v) is 7.99. The van der Waals surface area contributed by atoms with Crippen molar-refractivity contribution in [3.05, 3.63) is 60.2 Å². The van der Waals surface area contributed by atoms with Crippen LogP contribution in [0.3, 0.4) is 0 Å². The molecule has 0 saturated carbocycles. The Balaban J connectivity index is 2.00. The quantitative estimate of drug-likeness (QED) is 0.932. The molecule has 0 aromatic heterocycles. The van der Waals surface area contributed by atoms with Crippen molar-refractivity contribution in [2.45, 2.75) is 17.4 Å². The van der Waals surface area contributed by atoms with E-state index in [1.54, 1.807) is 0 Å². The molecule has 0 radical (unpaired) electrons. The van der Waals surface area contributed by atoms with Gasteiger partial charge in [-0.05, 0) is 30.2 Å². The highest BCUT2D eigenvalue weighted by atomic mass is 32.2. The van der Waals surface area contributed by atoms with Crippen molar-refractivity contribution in [3.63, 3.8) is 0 Å². The first-order valence-electron chi connectivity index (χ1n) is 7.01. The summed E-state index contributed by atoms with van der Waals surface area (Å²) < 4.78 is 0. The van der Waals surface area contributed by atoms with Crippen LogP contribution in [0.5, 0.6) is 0 Å². The average Bonchev–Trinajstić information content (AvgIpc) is 2.53. The van der Waals surface area contributed by atoms with Gasteiger partial charge in [-0.15, -0.1) is 11.8 Å². The van der Waals surface area contributed by atoms with E-state index < -0.39 is 5.97 Å². The number of para-hydroxylation sites is 1. The second-order valence-corrected chi connectivity index (χ2v) is 6.18. The number of hydrogen-bond acceptors (Lipinski definition) is 3. The molecule has 3 rings (SSSR count). The molecule has 1 heterocycles. The molecule has 2 aromatic rings. The molecule has 0 aliphatic carbocycles. The van der Waals surface area contributed by atoms with Crippen molar-refractivity contribution in [2.24, 2.45) is 0 Å². The fourth-order valence-corrected chi connectivity index (χ4v) is 3.90. The van der Waals surface area contributed by atoms with E-state index in [9.17, 15) is 9.90 Å². The Morgan fingerprint density at radius 3 is 2.62 bits per heavy atom. The van der Waals surface area contributed by atoms with Gasteiger partial charge in [-0.1, -0.05) is 36.4 Å². The maximum absolute atomic E-state index is 11.3. The van der Waals surface area contributed by atoms with Crippen molar-refractivity contribution in [3.8, 4) is 0 Å². The zero-order valence-corrected chi connectivity index (χ0v) is 12.4. The molecule has 2 aromatic carbocycles. The number of aliphatic carboxylic acids is 1. The van der Waals surface area contributed by atoms with E-state index in [4.69, 9.17) is 0 Å². The molecule has 3 nitrogen and oxygen atoms in total. The summed E-state index contributed by atoms with van der Waals surface area (Å²) in [5, 5.41) is 9.28. The maximum Gasteiger partial charge on any atom is 0.323 e. The lowest BCUT2D eigenvalue weighted by atomic mass is 10.0. The summed E-state index contributed by atoms with van der Waals surface area (Å²) in [5.41, 5.74) is 2.20. The zero-order chi connectivity index (χ0) is 14.7. The van der Waals surface area contributed by atoms with Gasteiger partial charge in [0.2, 0.25) is 0 Å². The number of carbonyl (C=O) groups is 1. The molecular formula is C17H17NO2S. The van der Waals surface area contributed by atoms with Gasteiger partial charge >= 0.3 is 5.97 Å². The molecule has 0 fully saturated rings. The third-order valence-electron chi connectivity index (χ3n) is 3.70. The van der Waals surface area contributed by atoms with Crippen LogP contribution in [0, 0.1) is 0 Å². The Morgan fingerprint density at radius 2 is 1.86 bits per heavy atom. The SMILES string of the molecule is O=C(O)CN(c1ccccc1)C1CCSc2ccccc21. The van der Waals surface area contributed by atoms with Gasteiger partial charge in [-0.25, -0.2) is 0 Å². The van der Waals surface area contributed by atoms with Crippen LogP contribution in [0.15, 0.2) is 59.5 Å². The number of thioether (sulfide) groups is 1. The number of anilines is 1. The molecule has 1 aliphatic heterocycles. The lowest BCUT2D eigenvalue weighted by Gasteiger charge is -2.36. The van der Waals surface area contributed by atoms with Crippen molar-refractivity contribution in [2.75, 3.05) is 17.2 Å². The van der Waals surface area contributed by atoms with Gasteiger partial charge in [-0.3, -0.25) is 4.79 Å². The highest BCUT2D eigenvalue weighted by Crippen LogP contribution is 2.40. The minimum Gasteiger partial charge on any atom is -0.480 e. The molecule has 108 valence electrons. The minimum absolute atomic E-state index is 0.0215. The number of benzene rings is 2. The molecule has 0 amide bonds. The first-order chi connectivity index (χ1) is 10.3. The highest BCUT2D eigenvalue weighted by Gasteiger charge is 2.27. The summed E-state index contributed by atoms with van der Waals surface area (Å²) in [5.74, 6) is 0.222. The van der Waals surface area contributed by atoms with E-state index in [1.165, 1.54) is 10.5 Å². The smallest absolute Gasteiger partial charge is 0.323 e. The molecule has 1 aliphatic rings. The van der Waals surface area contributed by atoms with Crippen LogP contribution in [0.4, 0.5) is 5.69 Å². The van der Waals surface area contributed by atoms with E-state index in [-0.39, 0.29) is 12.6 Å². The van der Waals surface area contributed by atoms with Gasteiger partial charge in [-0.2, -0.15) is 0 Å². The summed E-state index contributed by atoms with van der Waals surface area (Å²) in [4.78, 5) is 14.6. The fraction of sp³-hybridized carbons (Fsp3) is 0.235. The van der Waals surface area contributed by atoms with Crippen LogP contribution < -0.4 is 4.90 Å². The van der Waals surface area contributed by atoms with Crippen LogP contribution in [0.2, 0.25) is 0 Å². The molecule has 4 heteroatoms. The van der Waals surface area contributed by atoms with Crippen LogP contribution in [0.25, 0.3) is 0 Å². The van der Waals surface area contributed by atoms with Crippen molar-refractivity contribution < 1.29 is 9.90 Å². The Labute approximate surface area is 128 Å². The summed E-state index contributed by atoms with van der Waals surface area (Å²) >= 11 is 1.85. The van der Waals surface area contributed by atoms with Gasteiger partial charge in [0.05, 0.1) is 6.04 Å². The van der Waals surface area contributed by atoms with E-state index in [1.807, 2.05) is 59.1 Å². The lowest BCUT2D eigenvalue weighted by molar-refractivity contribution is -0.135. The molecular weight excluding hydrogens is 282 g/mol. The van der Waals surface area contributed by atoms with Crippen LogP contribution >= 0.6 is 11.8 Å². The monoisotopic (exact) mass is 299 g/mol. The number of carboxylic acids is 1. The van der Waals surface area contributed by atoms with Gasteiger partial charge < -0.3 is 10.0 Å². The highest BCUT2D eigenvalue weighted by molar-refractivity contribution is 7.99. The predicted molar refractivity (Wildman–Crippen MR) is 85.9 cm³/mol. The number of rotatable bonds is 4. The molecule has 1 N–H and O–H groups in total. The topological polar surface area (TPSA) is 40.5 Å². The third kappa shape index (κ3) is 3.05. The van der Waals surface area contributed by atoms with Crippen molar-refractivity contribution in [1.82, 2.24) is 0 Å². The summed E-state index contributed by atoms with van der Waals surface area (Å²) in [7, 11) is 0. The maximum atomic E-state index is 11.3. The van der Waals surface area contributed by atoms with E-state index in [0.29, 0.717) is 0 Å². The Morgan fingerprint density at radius 1 is 1.14 bits per heavy atom. The number of fused-ring (bicyclic) bond motifs is 1. The zero-order valence-electron chi connectivity index (χ0n) is 11.6. The molecule has 0 bridgehead atoms. The molecule has 0 saturated heterocycles. The molecule has 21 heavy (non-hydrogen) atoms. The third-order valence-corrected chi connectivity index (χ3v) is 4.82. The second kappa shape index (κ2) is 6.22. The normalized spacial score (nSPS) is 17.0. The second-order valence-electron chi connectivity index (χ2n) is 5.05.